The van der Waals surface area contributed by atoms with Crippen LogP contribution in [0.25, 0.3) is 22.4 Å². The number of methoxy groups -OCH3 is 1. The molecule has 0 aliphatic carbocycles. The molecule has 1 heterocycles. The number of nitriles is 1. The van der Waals surface area contributed by atoms with Crippen LogP contribution < -0.4 is 10.5 Å². The van der Waals surface area contributed by atoms with Crippen LogP contribution in [0.4, 0.5) is 10.2 Å². The van der Waals surface area contributed by atoms with Gasteiger partial charge in [0.15, 0.2) is 0 Å². The summed E-state index contributed by atoms with van der Waals surface area (Å²) in [6.45, 7) is 0. The zero-order valence-corrected chi connectivity index (χ0v) is 13.0. The molecule has 3 rings (SSSR count). The van der Waals surface area contributed by atoms with Crippen LogP contribution in [0.5, 0.6) is 5.75 Å². The van der Waals surface area contributed by atoms with Gasteiger partial charge in [0.25, 0.3) is 0 Å². The molecule has 0 saturated heterocycles. The lowest BCUT2D eigenvalue weighted by Gasteiger charge is -2.11. The topological polar surface area (TPSA) is 71.9 Å². The number of nitrogens with zero attached hydrogens (tertiary/aromatic N) is 2. The lowest BCUT2D eigenvalue weighted by molar-refractivity contribution is 0.415. The molecule has 2 aromatic carbocycles. The second kappa shape index (κ2) is 6.39. The van der Waals surface area contributed by atoms with E-state index in [1.54, 1.807) is 43.5 Å². The molecule has 0 aliphatic heterocycles. The molecule has 4 nitrogen and oxygen atoms in total. The average Bonchev–Trinajstić information content (AvgIpc) is 2.61. The van der Waals surface area contributed by atoms with Crippen LogP contribution in [0.2, 0.25) is 0 Å². The standard InChI is InChI=1S/C19H14FN3O/c1-24-13-8-6-12(7-9-13)18-10-15(16(11-21)19(22)23-18)14-4-2-3-5-17(14)20/h2-10H,1H3,(H2,22,23). The third-order valence-corrected chi connectivity index (χ3v) is 3.71. The van der Waals surface area contributed by atoms with Crippen LogP contribution in [-0.2, 0) is 0 Å². The monoisotopic (exact) mass is 319 g/mol. The SMILES string of the molecule is COc1ccc(-c2cc(-c3ccccc3F)c(C#N)c(N)n2)cc1. The number of nitrogen functional groups attached to an aromatic ring is 1. The van der Waals surface area contributed by atoms with Crippen LogP contribution in [-0.4, -0.2) is 12.1 Å². The fraction of sp³-hybridized carbons (Fsp3) is 0.0526. The van der Waals surface area contributed by atoms with E-state index in [1.807, 2.05) is 18.2 Å². The Hall–Kier alpha value is -3.39. The Morgan fingerprint density at radius 1 is 1.08 bits per heavy atom. The van der Waals surface area contributed by atoms with E-state index in [2.05, 4.69) is 4.98 Å². The predicted molar refractivity (Wildman–Crippen MR) is 90.7 cm³/mol. The maximum atomic E-state index is 14.2. The highest BCUT2D eigenvalue weighted by Gasteiger charge is 2.15. The van der Waals surface area contributed by atoms with E-state index in [9.17, 15) is 9.65 Å². The number of hydrogen-bond donors (Lipinski definition) is 1. The number of aromatic nitrogens is 1. The van der Waals surface area contributed by atoms with E-state index < -0.39 is 5.82 Å². The molecule has 2 N–H and O–H groups in total. The molecular formula is C19H14FN3O. The summed E-state index contributed by atoms with van der Waals surface area (Å²) in [6, 6.07) is 17.2. The molecule has 5 heteroatoms. The van der Waals surface area contributed by atoms with Gasteiger partial charge in [0.05, 0.1) is 12.8 Å². The highest BCUT2D eigenvalue weighted by atomic mass is 19.1. The van der Waals surface area contributed by atoms with Gasteiger partial charge in [0.2, 0.25) is 0 Å². The number of nitrogens with two attached hydrogens (primary N) is 1. The van der Waals surface area contributed by atoms with Gasteiger partial charge < -0.3 is 10.5 Å². The summed E-state index contributed by atoms with van der Waals surface area (Å²) in [5.41, 5.74) is 8.20. The van der Waals surface area contributed by atoms with Gasteiger partial charge in [-0.3, -0.25) is 0 Å². The van der Waals surface area contributed by atoms with Crippen molar-refractivity contribution in [2.24, 2.45) is 0 Å². The minimum Gasteiger partial charge on any atom is -0.497 e. The molecule has 1 aromatic heterocycles. The smallest absolute Gasteiger partial charge is 0.142 e. The first-order chi connectivity index (χ1) is 11.6. The highest BCUT2D eigenvalue weighted by molar-refractivity contribution is 5.80. The highest BCUT2D eigenvalue weighted by Crippen LogP contribution is 2.32. The van der Waals surface area contributed by atoms with Crippen molar-refractivity contribution in [2.45, 2.75) is 0 Å². The van der Waals surface area contributed by atoms with Crippen LogP contribution in [0.3, 0.4) is 0 Å². The fourth-order valence-corrected chi connectivity index (χ4v) is 2.48. The van der Waals surface area contributed by atoms with Crippen molar-refractivity contribution in [3.8, 4) is 34.2 Å². The van der Waals surface area contributed by atoms with Crippen LogP contribution in [0.1, 0.15) is 5.56 Å². The molecule has 0 radical (unpaired) electrons. The lowest BCUT2D eigenvalue weighted by atomic mass is 9.98. The van der Waals surface area contributed by atoms with E-state index >= 15 is 0 Å². The zero-order chi connectivity index (χ0) is 17.1. The van der Waals surface area contributed by atoms with Gasteiger partial charge in [-0.15, -0.1) is 0 Å². The van der Waals surface area contributed by atoms with Crippen molar-refractivity contribution in [3.63, 3.8) is 0 Å². The Balaban J connectivity index is 2.20. The molecule has 0 unspecified atom stereocenters. The van der Waals surface area contributed by atoms with Gasteiger partial charge in [-0.05, 0) is 36.4 Å². The Bertz CT molecular complexity index is 930. The second-order valence-electron chi connectivity index (χ2n) is 5.14. The number of rotatable bonds is 3. The molecule has 24 heavy (non-hydrogen) atoms. The first-order valence-corrected chi connectivity index (χ1v) is 7.24. The van der Waals surface area contributed by atoms with Crippen molar-refractivity contribution >= 4 is 5.82 Å². The zero-order valence-electron chi connectivity index (χ0n) is 13.0. The molecule has 0 aliphatic rings. The first kappa shape index (κ1) is 15.5. The molecule has 0 amide bonds. The number of halogens is 1. The van der Waals surface area contributed by atoms with Gasteiger partial charge in [-0.25, -0.2) is 9.37 Å². The van der Waals surface area contributed by atoms with Crippen molar-refractivity contribution in [1.82, 2.24) is 4.98 Å². The molecule has 118 valence electrons. The summed E-state index contributed by atoms with van der Waals surface area (Å²) < 4.78 is 19.3. The summed E-state index contributed by atoms with van der Waals surface area (Å²) in [4.78, 5) is 4.28. The van der Waals surface area contributed by atoms with Crippen molar-refractivity contribution < 1.29 is 9.13 Å². The third-order valence-electron chi connectivity index (χ3n) is 3.71. The maximum absolute atomic E-state index is 14.2. The lowest BCUT2D eigenvalue weighted by Crippen LogP contribution is -2.00. The average molecular weight is 319 g/mol. The summed E-state index contributed by atoms with van der Waals surface area (Å²) in [6.07, 6.45) is 0. The van der Waals surface area contributed by atoms with E-state index in [1.165, 1.54) is 6.07 Å². The van der Waals surface area contributed by atoms with E-state index in [4.69, 9.17) is 10.5 Å². The Kier molecular flexibility index (Phi) is 4.13. The minimum absolute atomic E-state index is 0.0732. The Labute approximate surface area is 139 Å². The normalized spacial score (nSPS) is 10.2. The quantitative estimate of drug-likeness (QED) is 0.791. The summed E-state index contributed by atoms with van der Waals surface area (Å²) >= 11 is 0. The molecule has 0 spiro atoms. The first-order valence-electron chi connectivity index (χ1n) is 7.24. The summed E-state index contributed by atoms with van der Waals surface area (Å²) in [5, 5.41) is 9.37. The molecule has 0 bridgehead atoms. The third kappa shape index (κ3) is 2.77. The second-order valence-corrected chi connectivity index (χ2v) is 5.14. The molecule has 0 atom stereocenters. The van der Waals surface area contributed by atoms with Crippen LogP contribution >= 0.6 is 0 Å². The van der Waals surface area contributed by atoms with Gasteiger partial charge >= 0.3 is 0 Å². The van der Waals surface area contributed by atoms with Crippen molar-refractivity contribution in [3.05, 3.63) is 66.0 Å². The van der Waals surface area contributed by atoms with E-state index in [0.29, 0.717) is 16.8 Å². The predicted octanol–water partition coefficient (Wildman–Crippen LogP) is 4.02. The number of benzene rings is 2. The Morgan fingerprint density at radius 2 is 1.79 bits per heavy atom. The number of hydrogen-bond acceptors (Lipinski definition) is 4. The number of anilines is 1. The number of ether oxygens (including phenoxy) is 1. The van der Waals surface area contributed by atoms with Gasteiger partial charge in [-0.1, -0.05) is 18.2 Å². The van der Waals surface area contributed by atoms with Crippen LogP contribution in [0, 0.1) is 17.1 Å². The largest absolute Gasteiger partial charge is 0.497 e. The van der Waals surface area contributed by atoms with E-state index in [-0.39, 0.29) is 11.4 Å². The summed E-state index contributed by atoms with van der Waals surface area (Å²) in [7, 11) is 1.59. The van der Waals surface area contributed by atoms with Gasteiger partial charge in [-0.2, -0.15) is 5.26 Å². The van der Waals surface area contributed by atoms with Gasteiger partial charge in [0.1, 0.15) is 29.0 Å². The van der Waals surface area contributed by atoms with E-state index in [0.717, 1.165) is 11.3 Å². The van der Waals surface area contributed by atoms with Gasteiger partial charge in [0, 0.05) is 16.7 Å². The Morgan fingerprint density at radius 3 is 2.42 bits per heavy atom. The molecule has 0 saturated carbocycles. The minimum atomic E-state index is -0.416. The fourth-order valence-electron chi connectivity index (χ4n) is 2.48. The molecular weight excluding hydrogens is 305 g/mol. The molecule has 0 fully saturated rings. The molecule has 3 aromatic rings. The maximum Gasteiger partial charge on any atom is 0.142 e. The van der Waals surface area contributed by atoms with Crippen molar-refractivity contribution in [1.29, 1.82) is 5.26 Å². The summed E-state index contributed by atoms with van der Waals surface area (Å²) in [5.74, 6) is 0.374. The number of pyridine rings is 1. The van der Waals surface area contributed by atoms with Crippen molar-refractivity contribution in [2.75, 3.05) is 12.8 Å². The van der Waals surface area contributed by atoms with Crippen LogP contribution in [0.15, 0.2) is 54.6 Å².